The van der Waals surface area contributed by atoms with Crippen molar-refractivity contribution in [3.05, 3.63) is 31.2 Å². The van der Waals surface area contributed by atoms with E-state index >= 15 is 0 Å². The summed E-state index contributed by atoms with van der Waals surface area (Å²) in [6, 6.07) is 7.73. The van der Waals surface area contributed by atoms with Gasteiger partial charge in [-0.1, -0.05) is 39.0 Å². The third-order valence-electron chi connectivity index (χ3n) is 2.72. The molecule has 0 bridgehead atoms. The highest BCUT2D eigenvalue weighted by Gasteiger charge is 1.95. The van der Waals surface area contributed by atoms with Gasteiger partial charge < -0.3 is 9.47 Å². The molecule has 0 aliphatic carbocycles. The summed E-state index contributed by atoms with van der Waals surface area (Å²) in [6.45, 7) is 4.64. The Bertz CT molecular complexity index is 279. The van der Waals surface area contributed by atoms with E-state index in [9.17, 15) is 0 Å². The van der Waals surface area contributed by atoms with Gasteiger partial charge in [-0.3, -0.25) is 0 Å². The summed E-state index contributed by atoms with van der Waals surface area (Å²) < 4.78 is 10.7. The van der Waals surface area contributed by atoms with E-state index in [2.05, 4.69) is 6.92 Å². The fourth-order valence-corrected chi connectivity index (χ4v) is 1.67. The normalized spacial score (nSPS) is 10.2. The van der Waals surface area contributed by atoms with Crippen molar-refractivity contribution >= 4 is 0 Å². The van der Waals surface area contributed by atoms with Gasteiger partial charge in [-0.05, 0) is 30.7 Å². The fourth-order valence-electron chi connectivity index (χ4n) is 1.67. The van der Waals surface area contributed by atoms with E-state index in [1.807, 2.05) is 24.3 Å². The predicted molar refractivity (Wildman–Crippen MR) is 71.5 cm³/mol. The number of methoxy groups -OCH3 is 1. The highest BCUT2D eigenvalue weighted by molar-refractivity contribution is 5.30. The molecular weight excluding hydrogens is 212 g/mol. The lowest BCUT2D eigenvalue weighted by atomic mass is 10.1. The minimum Gasteiger partial charge on any atom is -0.497 e. The van der Waals surface area contributed by atoms with Gasteiger partial charge in [-0.25, -0.2) is 0 Å². The van der Waals surface area contributed by atoms with Gasteiger partial charge in [0.25, 0.3) is 0 Å². The van der Waals surface area contributed by atoms with Gasteiger partial charge in [0.2, 0.25) is 0 Å². The van der Waals surface area contributed by atoms with Crippen molar-refractivity contribution in [3.63, 3.8) is 0 Å². The van der Waals surface area contributed by atoms with Crippen molar-refractivity contribution in [3.8, 4) is 11.5 Å². The molecule has 1 aromatic rings. The van der Waals surface area contributed by atoms with Crippen molar-refractivity contribution in [2.24, 2.45) is 0 Å². The summed E-state index contributed by atoms with van der Waals surface area (Å²) in [5.41, 5.74) is 0. The zero-order valence-corrected chi connectivity index (χ0v) is 10.8. The molecule has 0 aliphatic rings. The maximum absolute atomic E-state index is 5.64. The molecule has 0 spiro atoms. The number of unbranched alkanes of at least 4 members (excludes halogenated alkanes) is 5. The highest BCUT2D eigenvalue weighted by atomic mass is 16.5. The van der Waals surface area contributed by atoms with Gasteiger partial charge in [0.15, 0.2) is 0 Å². The molecule has 2 heteroatoms. The number of ether oxygens (including phenoxy) is 2. The summed E-state index contributed by atoms with van der Waals surface area (Å²) >= 11 is 0. The first-order valence-electron chi connectivity index (χ1n) is 6.43. The van der Waals surface area contributed by atoms with Gasteiger partial charge in [0.1, 0.15) is 11.5 Å². The predicted octanol–water partition coefficient (Wildman–Crippen LogP) is 4.25. The van der Waals surface area contributed by atoms with Crippen LogP contribution in [0.3, 0.4) is 0 Å². The van der Waals surface area contributed by atoms with Crippen LogP contribution in [0.2, 0.25) is 0 Å². The van der Waals surface area contributed by atoms with Crippen LogP contribution in [0.1, 0.15) is 38.5 Å². The molecule has 1 radical (unpaired) electrons. The molecule has 0 unspecified atom stereocenters. The van der Waals surface area contributed by atoms with Crippen molar-refractivity contribution in [2.45, 2.75) is 38.5 Å². The number of benzene rings is 1. The lowest BCUT2D eigenvalue weighted by molar-refractivity contribution is 0.304. The summed E-state index contributed by atoms with van der Waals surface area (Å²) in [5.74, 6) is 1.79. The minimum atomic E-state index is 0.802. The zero-order valence-electron chi connectivity index (χ0n) is 10.8. The average molecular weight is 235 g/mol. The Morgan fingerprint density at radius 2 is 1.47 bits per heavy atom. The fraction of sp³-hybridized carbons (Fsp3) is 0.533. The van der Waals surface area contributed by atoms with Crippen molar-refractivity contribution in [1.82, 2.24) is 0 Å². The molecular formula is C15H23O2. The Morgan fingerprint density at radius 3 is 2.12 bits per heavy atom. The Labute approximate surface area is 105 Å². The van der Waals surface area contributed by atoms with Crippen molar-refractivity contribution in [2.75, 3.05) is 13.7 Å². The highest BCUT2D eigenvalue weighted by Crippen LogP contribution is 2.17. The van der Waals surface area contributed by atoms with Gasteiger partial charge in [-0.2, -0.15) is 0 Å². The van der Waals surface area contributed by atoms with Crippen LogP contribution in [0.15, 0.2) is 24.3 Å². The average Bonchev–Trinajstić information content (AvgIpc) is 2.38. The van der Waals surface area contributed by atoms with Crippen molar-refractivity contribution in [1.29, 1.82) is 0 Å². The maximum Gasteiger partial charge on any atom is 0.119 e. The number of hydrogen-bond donors (Lipinski definition) is 0. The molecule has 95 valence electrons. The molecule has 1 aromatic carbocycles. The van der Waals surface area contributed by atoms with Crippen LogP contribution in [-0.4, -0.2) is 13.7 Å². The largest absolute Gasteiger partial charge is 0.497 e. The second-order valence-electron chi connectivity index (χ2n) is 4.15. The first kappa shape index (κ1) is 13.9. The SMILES string of the molecule is [CH2]CCCCCCCOc1ccc(OC)cc1. The molecule has 0 saturated heterocycles. The van der Waals surface area contributed by atoms with Crippen LogP contribution >= 0.6 is 0 Å². The molecule has 0 amide bonds. The monoisotopic (exact) mass is 235 g/mol. The zero-order chi connectivity index (χ0) is 12.3. The summed E-state index contributed by atoms with van der Waals surface area (Å²) in [6.07, 6.45) is 7.27. The van der Waals surface area contributed by atoms with E-state index in [0.717, 1.165) is 30.9 Å². The van der Waals surface area contributed by atoms with E-state index in [1.54, 1.807) is 7.11 Å². The number of rotatable bonds is 9. The quantitative estimate of drug-likeness (QED) is 0.596. The molecule has 1 rings (SSSR count). The van der Waals surface area contributed by atoms with E-state index in [-0.39, 0.29) is 0 Å². The van der Waals surface area contributed by atoms with Crippen LogP contribution in [0, 0.1) is 6.92 Å². The second kappa shape index (κ2) is 8.91. The van der Waals surface area contributed by atoms with Crippen LogP contribution in [0.4, 0.5) is 0 Å². The lowest BCUT2D eigenvalue weighted by Gasteiger charge is -2.06. The Kier molecular flexibility index (Phi) is 7.28. The number of hydrogen-bond acceptors (Lipinski definition) is 2. The van der Waals surface area contributed by atoms with Crippen LogP contribution in [-0.2, 0) is 0 Å². The Balaban J connectivity index is 2.05. The third-order valence-corrected chi connectivity index (χ3v) is 2.72. The summed E-state index contributed by atoms with van der Waals surface area (Å²) in [5, 5.41) is 0. The second-order valence-corrected chi connectivity index (χ2v) is 4.15. The molecule has 0 atom stereocenters. The van der Waals surface area contributed by atoms with Crippen LogP contribution < -0.4 is 9.47 Å². The molecule has 0 aromatic heterocycles. The maximum atomic E-state index is 5.64. The van der Waals surface area contributed by atoms with E-state index in [1.165, 1.54) is 25.7 Å². The lowest BCUT2D eigenvalue weighted by Crippen LogP contribution is -1.97. The Morgan fingerprint density at radius 1 is 0.882 bits per heavy atom. The Hall–Kier alpha value is -1.18. The smallest absolute Gasteiger partial charge is 0.119 e. The minimum absolute atomic E-state index is 0.802. The molecule has 0 N–H and O–H groups in total. The van der Waals surface area contributed by atoms with E-state index in [0.29, 0.717) is 0 Å². The molecule has 0 heterocycles. The van der Waals surface area contributed by atoms with E-state index in [4.69, 9.17) is 9.47 Å². The van der Waals surface area contributed by atoms with Gasteiger partial charge >= 0.3 is 0 Å². The molecule has 17 heavy (non-hydrogen) atoms. The van der Waals surface area contributed by atoms with Crippen LogP contribution in [0.5, 0.6) is 11.5 Å². The third kappa shape index (κ3) is 6.20. The first-order chi connectivity index (χ1) is 8.36. The first-order valence-corrected chi connectivity index (χ1v) is 6.43. The van der Waals surface area contributed by atoms with Gasteiger partial charge in [0, 0.05) is 0 Å². The molecule has 0 aliphatic heterocycles. The summed E-state index contributed by atoms with van der Waals surface area (Å²) in [4.78, 5) is 0. The van der Waals surface area contributed by atoms with Crippen LogP contribution in [0.25, 0.3) is 0 Å². The van der Waals surface area contributed by atoms with Crippen molar-refractivity contribution < 1.29 is 9.47 Å². The van der Waals surface area contributed by atoms with E-state index < -0.39 is 0 Å². The standard InChI is InChI=1S/C15H23O2/c1-3-4-5-6-7-8-13-17-15-11-9-14(16-2)10-12-15/h9-12H,1,3-8,13H2,2H3. The van der Waals surface area contributed by atoms with Gasteiger partial charge in [-0.15, -0.1) is 0 Å². The van der Waals surface area contributed by atoms with Gasteiger partial charge in [0.05, 0.1) is 13.7 Å². The molecule has 0 saturated carbocycles. The topological polar surface area (TPSA) is 18.5 Å². The molecule has 2 nitrogen and oxygen atoms in total. The summed E-state index contributed by atoms with van der Waals surface area (Å²) in [7, 11) is 1.67. The molecule has 0 fully saturated rings.